The van der Waals surface area contributed by atoms with Gasteiger partial charge in [-0.05, 0) is 30.8 Å². The van der Waals surface area contributed by atoms with Gasteiger partial charge in [0.1, 0.15) is 5.82 Å². The van der Waals surface area contributed by atoms with Crippen LogP contribution in [0, 0.1) is 0 Å². The largest absolute Gasteiger partial charge is 0.354 e. The molecule has 1 aliphatic heterocycles. The molecule has 1 amide bonds. The molecule has 0 radical (unpaired) electrons. The molecular weight excluding hydrogens is 318 g/mol. The Balaban J connectivity index is 1.63. The number of hydrogen-bond donors (Lipinski definition) is 1. The van der Waals surface area contributed by atoms with Crippen molar-refractivity contribution in [2.45, 2.75) is 6.54 Å². The van der Waals surface area contributed by atoms with Crippen molar-refractivity contribution in [1.29, 1.82) is 0 Å². The maximum absolute atomic E-state index is 12.2. The number of carbonyl (C=O) groups excluding carboxylic acids is 1. The molecule has 1 N–H and O–H groups in total. The fourth-order valence-corrected chi connectivity index (χ4v) is 2.79. The molecule has 7 nitrogen and oxygen atoms in total. The van der Waals surface area contributed by atoms with Gasteiger partial charge in [-0.15, -0.1) is 0 Å². The summed E-state index contributed by atoms with van der Waals surface area (Å²) in [5.74, 6) is 0.746. The van der Waals surface area contributed by atoms with Crippen molar-refractivity contribution < 1.29 is 4.79 Å². The fraction of sp³-hybridized carbons (Fsp3) is 0.389. The molecule has 132 valence electrons. The molecule has 0 unspecified atom stereocenters. The third kappa shape index (κ3) is 4.24. The van der Waals surface area contributed by atoms with Gasteiger partial charge in [0.2, 0.25) is 5.56 Å². The molecule has 2 aromatic heterocycles. The molecular formula is C18H23N5O2. The number of rotatable bonds is 4. The predicted octanol–water partition coefficient (Wildman–Crippen LogP) is 0.462. The molecule has 0 aromatic carbocycles. The number of nitrogens with zero attached hydrogens (tertiary/aromatic N) is 4. The van der Waals surface area contributed by atoms with Gasteiger partial charge in [-0.3, -0.25) is 9.59 Å². The van der Waals surface area contributed by atoms with Crippen LogP contribution in [0.5, 0.6) is 0 Å². The summed E-state index contributed by atoms with van der Waals surface area (Å²) in [7, 11) is 3.75. The summed E-state index contributed by atoms with van der Waals surface area (Å²) in [6.07, 6.45) is 3.32. The first-order valence-corrected chi connectivity index (χ1v) is 8.36. The second-order valence-electron chi connectivity index (χ2n) is 6.36. The summed E-state index contributed by atoms with van der Waals surface area (Å²) in [5.41, 5.74) is 1.33. The second-order valence-corrected chi connectivity index (χ2v) is 6.36. The minimum Gasteiger partial charge on any atom is -0.354 e. The third-order valence-corrected chi connectivity index (χ3v) is 4.44. The van der Waals surface area contributed by atoms with Crippen LogP contribution in [0.1, 0.15) is 15.9 Å². The fourth-order valence-electron chi connectivity index (χ4n) is 2.79. The van der Waals surface area contributed by atoms with Gasteiger partial charge in [-0.1, -0.05) is 0 Å². The van der Waals surface area contributed by atoms with E-state index in [2.05, 4.69) is 27.1 Å². The Morgan fingerprint density at radius 1 is 1.16 bits per heavy atom. The van der Waals surface area contributed by atoms with E-state index in [4.69, 9.17) is 0 Å². The van der Waals surface area contributed by atoms with E-state index in [0.29, 0.717) is 12.1 Å². The molecule has 3 rings (SSSR count). The van der Waals surface area contributed by atoms with Crippen LogP contribution in [-0.4, -0.2) is 53.6 Å². The number of amides is 1. The molecule has 2 aromatic rings. The highest BCUT2D eigenvalue weighted by molar-refractivity contribution is 5.93. The van der Waals surface area contributed by atoms with E-state index in [-0.39, 0.29) is 11.5 Å². The average Bonchev–Trinajstić information content (AvgIpc) is 2.63. The lowest BCUT2D eigenvalue weighted by molar-refractivity contribution is 0.0950. The van der Waals surface area contributed by atoms with Crippen LogP contribution in [-0.2, 0) is 13.6 Å². The monoisotopic (exact) mass is 341 g/mol. The Hall–Kier alpha value is -2.67. The molecule has 1 fully saturated rings. The van der Waals surface area contributed by atoms with Gasteiger partial charge >= 0.3 is 0 Å². The quantitative estimate of drug-likeness (QED) is 0.875. The Kier molecular flexibility index (Phi) is 5.14. The Morgan fingerprint density at radius 3 is 2.64 bits per heavy atom. The van der Waals surface area contributed by atoms with Gasteiger partial charge in [-0.25, -0.2) is 4.98 Å². The number of anilines is 1. The highest BCUT2D eigenvalue weighted by atomic mass is 16.2. The molecule has 0 bridgehead atoms. The first kappa shape index (κ1) is 17.2. The van der Waals surface area contributed by atoms with Crippen LogP contribution in [0.4, 0.5) is 5.82 Å². The zero-order chi connectivity index (χ0) is 17.8. The van der Waals surface area contributed by atoms with Crippen molar-refractivity contribution in [3.05, 3.63) is 58.1 Å². The number of hydrogen-bond acceptors (Lipinski definition) is 5. The Bertz CT molecular complexity index is 809. The van der Waals surface area contributed by atoms with Crippen LogP contribution < -0.4 is 15.8 Å². The van der Waals surface area contributed by atoms with Crippen LogP contribution in [0.2, 0.25) is 0 Å². The van der Waals surface area contributed by atoms with Crippen molar-refractivity contribution in [1.82, 2.24) is 19.8 Å². The number of aromatic nitrogens is 2. The lowest BCUT2D eigenvalue weighted by Gasteiger charge is -2.33. The van der Waals surface area contributed by atoms with E-state index in [0.717, 1.165) is 37.6 Å². The second kappa shape index (κ2) is 7.48. The van der Waals surface area contributed by atoms with Gasteiger partial charge in [0, 0.05) is 58.2 Å². The normalized spacial score (nSPS) is 15.2. The van der Waals surface area contributed by atoms with Crippen LogP contribution in [0.25, 0.3) is 0 Å². The third-order valence-electron chi connectivity index (χ3n) is 4.44. The van der Waals surface area contributed by atoms with Crippen molar-refractivity contribution in [3.8, 4) is 0 Å². The van der Waals surface area contributed by atoms with E-state index in [1.165, 1.54) is 10.6 Å². The number of pyridine rings is 2. The van der Waals surface area contributed by atoms with Crippen molar-refractivity contribution in [2.24, 2.45) is 7.05 Å². The lowest BCUT2D eigenvalue weighted by Crippen LogP contribution is -2.44. The van der Waals surface area contributed by atoms with E-state index in [1.54, 1.807) is 25.5 Å². The molecule has 0 spiro atoms. The van der Waals surface area contributed by atoms with Gasteiger partial charge in [0.05, 0.1) is 5.56 Å². The zero-order valence-corrected chi connectivity index (χ0v) is 14.6. The van der Waals surface area contributed by atoms with E-state index in [1.807, 2.05) is 12.1 Å². The standard InChI is InChI=1S/C18H23N5O2/c1-21-7-9-23(10-8-21)16-11-14(5-6-19-16)12-20-18(25)15-3-4-17(24)22(2)13-15/h3-6,11,13H,7-10,12H2,1-2H3,(H,20,25). The first-order valence-electron chi connectivity index (χ1n) is 8.36. The highest BCUT2D eigenvalue weighted by Gasteiger charge is 2.15. The van der Waals surface area contributed by atoms with Gasteiger partial charge < -0.3 is 19.7 Å². The Morgan fingerprint density at radius 2 is 1.92 bits per heavy atom. The molecule has 0 aliphatic carbocycles. The van der Waals surface area contributed by atoms with Gasteiger partial charge in [0.15, 0.2) is 0 Å². The van der Waals surface area contributed by atoms with E-state index in [9.17, 15) is 9.59 Å². The maximum atomic E-state index is 12.2. The summed E-state index contributed by atoms with van der Waals surface area (Å²) in [6.45, 7) is 4.38. The van der Waals surface area contributed by atoms with Crippen LogP contribution >= 0.6 is 0 Å². The number of carbonyl (C=O) groups is 1. The minimum atomic E-state index is -0.200. The summed E-state index contributed by atoms with van der Waals surface area (Å²) >= 11 is 0. The average molecular weight is 341 g/mol. The van der Waals surface area contributed by atoms with Crippen molar-refractivity contribution >= 4 is 11.7 Å². The summed E-state index contributed by atoms with van der Waals surface area (Å²) < 4.78 is 1.40. The summed E-state index contributed by atoms with van der Waals surface area (Å²) in [5, 5.41) is 2.89. The number of nitrogens with one attached hydrogen (secondary N) is 1. The summed E-state index contributed by atoms with van der Waals surface area (Å²) in [4.78, 5) is 32.7. The maximum Gasteiger partial charge on any atom is 0.253 e. The predicted molar refractivity (Wildman–Crippen MR) is 96.8 cm³/mol. The van der Waals surface area contributed by atoms with Crippen molar-refractivity contribution in [2.75, 3.05) is 38.1 Å². The lowest BCUT2D eigenvalue weighted by atomic mass is 10.2. The molecule has 7 heteroatoms. The minimum absolute atomic E-state index is 0.137. The number of piperazine rings is 1. The smallest absolute Gasteiger partial charge is 0.253 e. The first-order chi connectivity index (χ1) is 12.0. The molecule has 0 atom stereocenters. The van der Waals surface area contributed by atoms with Crippen LogP contribution in [0.15, 0.2) is 41.5 Å². The molecule has 3 heterocycles. The molecule has 1 aliphatic rings. The highest BCUT2D eigenvalue weighted by Crippen LogP contribution is 2.14. The summed E-state index contributed by atoms with van der Waals surface area (Å²) in [6, 6.07) is 6.86. The molecule has 1 saturated heterocycles. The van der Waals surface area contributed by atoms with E-state index >= 15 is 0 Å². The topological polar surface area (TPSA) is 70.5 Å². The Labute approximate surface area is 146 Å². The van der Waals surface area contributed by atoms with Gasteiger partial charge in [0.25, 0.3) is 5.91 Å². The number of likely N-dealkylation sites (N-methyl/N-ethyl adjacent to an activating group) is 1. The SMILES string of the molecule is CN1CCN(c2cc(CNC(=O)c3ccc(=O)n(C)c3)ccn2)CC1. The van der Waals surface area contributed by atoms with E-state index < -0.39 is 0 Å². The molecule has 25 heavy (non-hydrogen) atoms. The van der Waals surface area contributed by atoms with Gasteiger partial charge in [-0.2, -0.15) is 0 Å². The van der Waals surface area contributed by atoms with Crippen LogP contribution in [0.3, 0.4) is 0 Å². The number of aryl methyl sites for hydroxylation is 1. The zero-order valence-electron chi connectivity index (χ0n) is 14.6. The van der Waals surface area contributed by atoms with Crippen molar-refractivity contribution in [3.63, 3.8) is 0 Å². The molecule has 0 saturated carbocycles.